The predicted octanol–water partition coefficient (Wildman–Crippen LogP) is 2.51. The van der Waals surface area contributed by atoms with E-state index in [1.54, 1.807) is 16.8 Å². The molecule has 0 unspecified atom stereocenters. The van der Waals surface area contributed by atoms with Gasteiger partial charge in [0.25, 0.3) is 0 Å². The zero-order chi connectivity index (χ0) is 15.5. The SMILES string of the molecule is Cn1cc(N2CCC[C@H](Nc3cccc(F)c3C#N)C2)cn1. The molecule has 1 saturated heterocycles. The molecule has 0 saturated carbocycles. The van der Waals surface area contributed by atoms with Crippen LogP contribution in [-0.2, 0) is 7.05 Å². The van der Waals surface area contributed by atoms with Gasteiger partial charge in [-0.05, 0) is 25.0 Å². The van der Waals surface area contributed by atoms with E-state index in [1.165, 1.54) is 6.07 Å². The van der Waals surface area contributed by atoms with Gasteiger partial charge in [0.05, 0.1) is 17.6 Å². The summed E-state index contributed by atoms with van der Waals surface area (Å²) in [6.07, 6.45) is 5.89. The molecule has 1 atom stereocenters. The van der Waals surface area contributed by atoms with E-state index >= 15 is 0 Å². The van der Waals surface area contributed by atoms with E-state index in [0.29, 0.717) is 5.69 Å². The number of piperidine rings is 1. The first-order valence-electron chi connectivity index (χ1n) is 7.36. The number of aromatic nitrogens is 2. The van der Waals surface area contributed by atoms with Gasteiger partial charge < -0.3 is 10.2 Å². The van der Waals surface area contributed by atoms with Crippen LogP contribution in [0.3, 0.4) is 0 Å². The van der Waals surface area contributed by atoms with E-state index in [2.05, 4.69) is 15.3 Å². The highest BCUT2D eigenvalue weighted by molar-refractivity contribution is 5.58. The van der Waals surface area contributed by atoms with Gasteiger partial charge in [-0.3, -0.25) is 4.68 Å². The number of rotatable bonds is 3. The van der Waals surface area contributed by atoms with Crippen molar-refractivity contribution in [2.45, 2.75) is 18.9 Å². The summed E-state index contributed by atoms with van der Waals surface area (Å²) >= 11 is 0. The maximum absolute atomic E-state index is 13.7. The summed E-state index contributed by atoms with van der Waals surface area (Å²) in [7, 11) is 1.90. The second kappa shape index (κ2) is 6.06. The van der Waals surface area contributed by atoms with Crippen molar-refractivity contribution in [1.82, 2.24) is 9.78 Å². The largest absolute Gasteiger partial charge is 0.379 e. The van der Waals surface area contributed by atoms with Gasteiger partial charge in [0.1, 0.15) is 17.4 Å². The van der Waals surface area contributed by atoms with Gasteiger partial charge in [-0.1, -0.05) is 6.07 Å². The number of hydrogen-bond donors (Lipinski definition) is 1. The Labute approximate surface area is 129 Å². The summed E-state index contributed by atoms with van der Waals surface area (Å²) in [5.41, 5.74) is 1.75. The van der Waals surface area contributed by atoms with Crippen LogP contribution < -0.4 is 10.2 Å². The fourth-order valence-electron chi connectivity index (χ4n) is 2.88. The van der Waals surface area contributed by atoms with Crippen molar-refractivity contribution in [2.24, 2.45) is 7.05 Å². The molecule has 0 aliphatic carbocycles. The molecule has 0 radical (unpaired) electrons. The minimum Gasteiger partial charge on any atom is -0.379 e. The van der Waals surface area contributed by atoms with Crippen LogP contribution in [0.25, 0.3) is 0 Å². The lowest BCUT2D eigenvalue weighted by Gasteiger charge is -2.34. The molecule has 1 aromatic carbocycles. The lowest BCUT2D eigenvalue weighted by atomic mass is 10.0. The zero-order valence-corrected chi connectivity index (χ0v) is 12.5. The Morgan fingerprint density at radius 2 is 2.32 bits per heavy atom. The van der Waals surface area contributed by atoms with Crippen molar-refractivity contribution >= 4 is 11.4 Å². The molecule has 1 N–H and O–H groups in total. The first kappa shape index (κ1) is 14.4. The molecule has 1 aliphatic heterocycles. The molecule has 1 aliphatic rings. The molecule has 6 heteroatoms. The number of anilines is 2. The topological polar surface area (TPSA) is 56.9 Å². The number of benzene rings is 1. The van der Waals surface area contributed by atoms with Crippen LogP contribution in [0.5, 0.6) is 0 Å². The van der Waals surface area contributed by atoms with Crippen LogP contribution in [0, 0.1) is 17.1 Å². The third kappa shape index (κ3) is 2.89. The molecular formula is C16H18FN5. The number of nitrogens with one attached hydrogen (secondary N) is 1. The zero-order valence-electron chi connectivity index (χ0n) is 12.5. The van der Waals surface area contributed by atoms with Gasteiger partial charge in [0, 0.05) is 32.4 Å². The van der Waals surface area contributed by atoms with Gasteiger partial charge in [0.2, 0.25) is 0 Å². The van der Waals surface area contributed by atoms with E-state index in [1.807, 2.05) is 25.5 Å². The van der Waals surface area contributed by atoms with Crippen molar-refractivity contribution in [3.63, 3.8) is 0 Å². The molecule has 0 spiro atoms. The standard InChI is InChI=1S/C16H18FN5/c1-21-11-13(9-19-21)22-7-3-4-12(10-22)20-16-6-2-5-15(17)14(16)8-18/h2,5-6,9,11-12,20H,3-4,7,10H2,1H3/t12-/m0/s1. The third-order valence-corrected chi connectivity index (χ3v) is 3.96. The average Bonchev–Trinajstić information content (AvgIpc) is 2.94. The molecule has 3 rings (SSSR count). The number of nitrogens with zero attached hydrogens (tertiary/aromatic N) is 4. The second-order valence-electron chi connectivity index (χ2n) is 5.58. The van der Waals surface area contributed by atoms with Gasteiger partial charge in [-0.25, -0.2) is 4.39 Å². The molecule has 22 heavy (non-hydrogen) atoms. The summed E-state index contributed by atoms with van der Waals surface area (Å²) in [6, 6.07) is 6.81. The van der Waals surface area contributed by atoms with E-state index < -0.39 is 5.82 Å². The van der Waals surface area contributed by atoms with Gasteiger partial charge in [0.15, 0.2) is 0 Å². The predicted molar refractivity (Wildman–Crippen MR) is 83.2 cm³/mol. The third-order valence-electron chi connectivity index (χ3n) is 3.96. The molecule has 114 valence electrons. The molecular weight excluding hydrogens is 281 g/mol. The van der Waals surface area contributed by atoms with E-state index in [0.717, 1.165) is 31.6 Å². The Hall–Kier alpha value is -2.55. The van der Waals surface area contributed by atoms with Gasteiger partial charge >= 0.3 is 0 Å². The normalized spacial score (nSPS) is 18.0. The molecule has 0 amide bonds. The fraction of sp³-hybridized carbons (Fsp3) is 0.375. The summed E-state index contributed by atoms with van der Waals surface area (Å²) in [5, 5.41) is 16.6. The van der Waals surface area contributed by atoms with Crippen LogP contribution in [0.4, 0.5) is 15.8 Å². The molecule has 1 fully saturated rings. The van der Waals surface area contributed by atoms with Crippen LogP contribution >= 0.6 is 0 Å². The summed E-state index contributed by atoms with van der Waals surface area (Å²) < 4.78 is 15.4. The molecule has 2 aromatic rings. The first-order chi connectivity index (χ1) is 10.7. The van der Waals surface area contributed by atoms with Crippen molar-refractivity contribution in [2.75, 3.05) is 23.3 Å². The highest BCUT2D eigenvalue weighted by Crippen LogP contribution is 2.24. The Morgan fingerprint density at radius 3 is 3.05 bits per heavy atom. The summed E-state index contributed by atoms with van der Waals surface area (Å²) in [6.45, 7) is 1.80. The number of nitriles is 1. The number of hydrogen-bond acceptors (Lipinski definition) is 4. The van der Waals surface area contributed by atoms with E-state index in [9.17, 15) is 4.39 Å². The molecule has 2 heterocycles. The van der Waals surface area contributed by atoms with E-state index in [4.69, 9.17) is 5.26 Å². The highest BCUT2D eigenvalue weighted by atomic mass is 19.1. The Bertz CT molecular complexity index is 703. The summed E-state index contributed by atoms with van der Waals surface area (Å²) in [5.74, 6) is -0.479. The van der Waals surface area contributed by atoms with Crippen molar-refractivity contribution in [1.29, 1.82) is 5.26 Å². The lowest BCUT2D eigenvalue weighted by Crippen LogP contribution is -2.42. The fourth-order valence-corrected chi connectivity index (χ4v) is 2.88. The Morgan fingerprint density at radius 1 is 1.45 bits per heavy atom. The Kier molecular flexibility index (Phi) is 3.96. The minimum absolute atomic E-state index is 0.0843. The van der Waals surface area contributed by atoms with Gasteiger partial charge in [-0.15, -0.1) is 0 Å². The van der Waals surface area contributed by atoms with Crippen molar-refractivity contribution in [3.8, 4) is 6.07 Å². The highest BCUT2D eigenvalue weighted by Gasteiger charge is 2.22. The molecule has 5 nitrogen and oxygen atoms in total. The molecule has 0 bridgehead atoms. The lowest BCUT2D eigenvalue weighted by molar-refractivity contribution is 0.529. The second-order valence-corrected chi connectivity index (χ2v) is 5.58. The van der Waals surface area contributed by atoms with E-state index in [-0.39, 0.29) is 11.6 Å². The van der Waals surface area contributed by atoms with Crippen LogP contribution in [-0.4, -0.2) is 28.9 Å². The van der Waals surface area contributed by atoms with Crippen LogP contribution in [0.2, 0.25) is 0 Å². The first-order valence-corrected chi connectivity index (χ1v) is 7.36. The average molecular weight is 299 g/mol. The van der Waals surface area contributed by atoms with Crippen LogP contribution in [0.1, 0.15) is 18.4 Å². The maximum atomic E-state index is 13.7. The van der Waals surface area contributed by atoms with Crippen molar-refractivity contribution in [3.05, 3.63) is 42.0 Å². The van der Waals surface area contributed by atoms with Crippen molar-refractivity contribution < 1.29 is 4.39 Å². The maximum Gasteiger partial charge on any atom is 0.143 e. The number of halogens is 1. The monoisotopic (exact) mass is 299 g/mol. The Balaban J connectivity index is 1.73. The van der Waals surface area contributed by atoms with Gasteiger partial charge in [-0.2, -0.15) is 10.4 Å². The summed E-state index contributed by atoms with van der Waals surface area (Å²) in [4.78, 5) is 2.26. The quantitative estimate of drug-likeness (QED) is 0.946. The molecule has 1 aromatic heterocycles. The minimum atomic E-state index is -0.479. The smallest absolute Gasteiger partial charge is 0.143 e. The number of aryl methyl sites for hydroxylation is 1. The van der Waals surface area contributed by atoms with Crippen LogP contribution in [0.15, 0.2) is 30.6 Å².